The van der Waals surface area contributed by atoms with Gasteiger partial charge in [-0.25, -0.2) is 9.59 Å². The summed E-state index contributed by atoms with van der Waals surface area (Å²) in [5, 5.41) is 17.1. The number of carbonyl (C=O) groups excluding carboxylic acids is 2. The Morgan fingerprint density at radius 1 is 0.347 bits per heavy atom. The van der Waals surface area contributed by atoms with Crippen molar-refractivity contribution in [2.24, 2.45) is 11.8 Å². The van der Waals surface area contributed by atoms with Gasteiger partial charge in [-0.3, -0.25) is 0 Å². The molecule has 0 atom stereocenters. The summed E-state index contributed by atoms with van der Waals surface area (Å²) in [5.41, 5.74) is 4.31. The predicted octanol–water partition coefficient (Wildman–Crippen LogP) is 21.1. The molecule has 0 fully saturated rings. The van der Waals surface area contributed by atoms with Gasteiger partial charge in [0.1, 0.15) is 0 Å². The molecule has 356 valence electrons. The predicted molar refractivity (Wildman–Crippen MR) is 308 cm³/mol. The van der Waals surface area contributed by atoms with Gasteiger partial charge in [0, 0.05) is 105 Å². The molecular weight excluding hydrogens is 1070 g/mol. The lowest BCUT2D eigenvalue weighted by Crippen LogP contribution is -2.11. The second-order valence-electron chi connectivity index (χ2n) is 19.3. The molecule has 4 nitrogen and oxygen atoms in total. The molecule has 0 aliphatic carbocycles. The smallest absolute Gasteiger partial charge is 0.338 e. The molecule has 0 heterocycles. The zero-order chi connectivity index (χ0) is 50.3. The Hall–Kier alpha value is -5.24. The average molecular weight is 1100 g/mol. The third-order valence-corrected chi connectivity index (χ3v) is 16.3. The first-order valence-corrected chi connectivity index (χ1v) is 26.2. The Bertz CT molecular complexity index is 4050. The Balaban J connectivity index is 1.02. The van der Waals surface area contributed by atoms with E-state index in [0.29, 0.717) is 116 Å². The van der Waals surface area contributed by atoms with Crippen molar-refractivity contribution < 1.29 is 19.1 Å². The number of carbonyl (C=O) groups is 2. The Morgan fingerprint density at radius 3 is 0.972 bits per heavy atom. The van der Waals surface area contributed by atoms with E-state index in [2.05, 4.69) is 36.4 Å². The van der Waals surface area contributed by atoms with Crippen LogP contribution in [-0.2, 0) is 9.47 Å². The second kappa shape index (κ2) is 17.7. The largest absolute Gasteiger partial charge is 0.462 e. The van der Waals surface area contributed by atoms with Crippen molar-refractivity contribution in [3.8, 4) is 22.3 Å². The van der Waals surface area contributed by atoms with Gasteiger partial charge in [-0.15, -0.1) is 0 Å². The highest BCUT2D eigenvalue weighted by Crippen LogP contribution is 2.54. The Labute approximate surface area is 452 Å². The highest BCUT2D eigenvalue weighted by atomic mass is 35.5. The summed E-state index contributed by atoms with van der Waals surface area (Å²) < 4.78 is 11.4. The van der Waals surface area contributed by atoms with Crippen LogP contribution in [0.3, 0.4) is 0 Å². The van der Waals surface area contributed by atoms with Crippen LogP contribution in [0.25, 0.3) is 119 Å². The number of halogens is 8. The first-order chi connectivity index (χ1) is 34.5. The van der Waals surface area contributed by atoms with E-state index in [1.807, 2.05) is 76.2 Å². The van der Waals surface area contributed by atoms with Crippen LogP contribution < -0.4 is 0 Å². The highest BCUT2D eigenvalue weighted by Gasteiger charge is 2.28. The molecule has 12 aromatic rings. The fourth-order valence-electron chi connectivity index (χ4n) is 10.8. The summed E-state index contributed by atoms with van der Waals surface area (Å²) in [5.74, 6) is -0.650. The van der Waals surface area contributed by atoms with Gasteiger partial charge in [0.25, 0.3) is 0 Å². The number of rotatable bonds is 8. The van der Waals surface area contributed by atoms with Gasteiger partial charge in [-0.1, -0.05) is 169 Å². The molecule has 72 heavy (non-hydrogen) atoms. The molecule has 0 saturated carbocycles. The van der Waals surface area contributed by atoms with Crippen LogP contribution in [0.15, 0.2) is 109 Å². The molecule has 12 aromatic carbocycles. The van der Waals surface area contributed by atoms with Crippen molar-refractivity contribution in [3.63, 3.8) is 0 Å². The molecule has 0 amide bonds. The molecule has 0 saturated heterocycles. The van der Waals surface area contributed by atoms with E-state index in [-0.39, 0.29) is 25.0 Å². The van der Waals surface area contributed by atoms with Crippen molar-refractivity contribution in [2.75, 3.05) is 13.2 Å². The lowest BCUT2D eigenvalue weighted by Gasteiger charge is -2.21. The molecule has 0 spiro atoms. The minimum absolute atomic E-state index is 0.150. The number of hydrogen-bond acceptors (Lipinski definition) is 4. The first kappa shape index (κ1) is 47.7. The maximum absolute atomic E-state index is 13.5. The van der Waals surface area contributed by atoms with Crippen LogP contribution in [0.4, 0.5) is 0 Å². The van der Waals surface area contributed by atoms with Crippen molar-refractivity contribution in [3.05, 3.63) is 161 Å². The summed E-state index contributed by atoms with van der Waals surface area (Å²) in [6, 6.07) is 34.9. The minimum atomic E-state index is -0.474. The van der Waals surface area contributed by atoms with Crippen LogP contribution in [0.5, 0.6) is 0 Å². The number of fused-ring (bicyclic) bond motifs is 5. The van der Waals surface area contributed by atoms with E-state index < -0.39 is 11.9 Å². The summed E-state index contributed by atoms with van der Waals surface area (Å²) in [4.78, 5) is 27.1. The molecule has 12 heteroatoms. The maximum Gasteiger partial charge on any atom is 0.338 e. The molecule has 0 N–H and O–H groups in total. The molecular formula is C60H36Cl8O4. The van der Waals surface area contributed by atoms with E-state index in [1.54, 1.807) is 24.3 Å². The molecule has 0 aliphatic rings. The third kappa shape index (κ3) is 7.23. The summed E-state index contributed by atoms with van der Waals surface area (Å²) >= 11 is 57.7. The molecule has 0 radical (unpaired) electrons. The van der Waals surface area contributed by atoms with E-state index in [1.165, 1.54) is 0 Å². The van der Waals surface area contributed by atoms with Crippen molar-refractivity contribution in [2.45, 2.75) is 27.7 Å². The van der Waals surface area contributed by atoms with Crippen LogP contribution in [0.2, 0.25) is 40.2 Å². The fraction of sp³-hybridized carbons (Fsp3) is 0.133. The van der Waals surface area contributed by atoms with Crippen molar-refractivity contribution in [1.82, 2.24) is 0 Å². The topological polar surface area (TPSA) is 52.6 Å². The Kier molecular flexibility index (Phi) is 11.7. The zero-order valence-corrected chi connectivity index (χ0v) is 44.7. The number of ether oxygens (including phenoxy) is 2. The van der Waals surface area contributed by atoms with E-state index in [9.17, 15) is 9.59 Å². The van der Waals surface area contributed by atoms with Gasteiger partial charge in [0.05, 0.1) is 24.3 Å². The number of hydrogen-bond donors (Lipinski definition) is 0. The van der Waals surface area contributed by atoms with Gasteiger partial charge in [0.15, 0.2) is 0 Å². The lowest BCUT2D eigenvalue weighted by atomic mass is 9.85. The Morgan fingerprint density at radius 2 is 0.639 bits per heavy atom. The standard InChI is InChI=1S/C60H36Cl8O4/c1-25(2)23-71-59(69)37-21-45(67)57-49-33(37)11-15-41(63)53(49)55-43(65)19-35(31-9-13-39(61)51(57)47(31)55)29-7-5-28-18-30(8-6-27(28)17-29)36-20-44(66)56-48-32(36)10-14-40(62)52(48)58-46(68)22-38(60(70)72-24-26(3)4)34-12-16-42(64)54(56)50(34)58/h5-22,25-26H,23-24H2,1-4H3. The first-order valence-electron chi connectivity index (χ1n) is 23.2. The van der Waals surface area contributed by atoms with Gasteiger partial charge in [-0.2, -0.15) is 0 Å². The second-order valence-corrected chi connectivity index (χ2v) is 22.5. The van der Waals surface area contributed by atoms with Gasteiger partial charge < -0.3 is 9.47 Å². The summed E-state index contributed by atoms with van der Waals surface area (Å²) in [6.07, 6.45) is 0. The van der Waals surface area contributed by atoms with Crippen LogP contribution in [-0.4, -0.2) is 25.2 Å². The maximum atomic E-state index is 13.5. The normalized spacial score (nSPS) is 12.4. The molecule has 0 aliphatic heterocycles. The zero-order valence-electron chi connectivity index (χ0n) is 38.6. The van der Waals surface area contributed by atoms with Gasteiger partial charge in [-0.05, 0) is 127 Å². The quantitative estimate of drug-likeness (QED) is 0.0864. The molecule has 12 rings (SSSR count). The molecule has 0 unspecified atom stereocenters. The molecule has 0 aromatic heterocycles. The molecule has 0 bridgehead atoms. The van der Waals surface area contributed by atoms with E-state index in [0.717, 1.165) is 54.6 Å². The van der Waals surface area contributed by atoms with E-state index >= 15 is 0 Å². The van der Waals surface area contributed by atoms with Crippen molar-refractivity contribution >= 4 is 202 Å². The highest BCUT2D eigenvalue weighted by molar-refractivity contribution is 6.56. The van der Waals surface area contributed by atoms with E-state index in [4.69, 9.17) is 102 Å². The van der Waals surface area contributed by atoms with Crippen molar-refractivity contribution in [1.29, 1.82) is 0 Å². The summed E-state index contributed by atoms with van der Waals surface area (Å²) in [6.45, 7) is 8.45. The van der Waals surface area contributed by atoms with Gasteiger partial charge in [0.2, 0.25) is 0 Å². The average Bonchev–Trinajstić information content (AvgIpc) is 3.35. The lowest BCUT2D eigenvalue weighted by molar-refractivity contribution is 0.0453. The van der Waals surface area contributed by atoms with Gasteiger partial charge >= 0.3 is 11.9 Å². The SMILES string of the molecule is CC(C)COC(=O)c1cc(Cl)c2c3c(Cl)ccc4c(-c5ccc6cc(-c7cc(Cl)c8c9c(Cl)ccc%10c(C(=O)OCC(C)C)cc(Cl)c(c%11c(Cl)ccc7c%118)c%109)ccc6c5)cc(Cl)c(c5c(Cl)ccc1c25)c43. The van der Waals surface area contributed by atoms with Crippen LogP contribution >= 0.6 is 92.8 Å². The number of benzene rings is 12. The van der Waals surface area contributed by atoms with Crippen LogP contribution in [0, 0.1) is 11.8 Å². The van der Waals surface area contributed by atoms with Crippen LogP contribution in [0.1, 0.15) is 48.4 Å². The third-order valence-electron chi connectivity index (χ3n) is 13.8. The minimum Gasteiger partial charge on any atom is -0.462 e. The fourth-order valence-corrected chi connectivity index (χ4v) is 13.0. The monoisotopic (exact) mass is 1100 g/mol. The summed E-state index contributed by atoms with van der Waals surface area (Å²) in [7, 11) is 0. The number of esters is 2.